The van der Waals surface area contributed by atoms with E-state index in [4.69, 9.17) is 5.11 Å². The van der Waals surface area contributed by atoms with Crippen LogP contribution < -0.4 is 5.32 Å². The van der Waals surface area contributed by atoms with Crippen LogP contribution in [0.2, 0.25) is 0 Å². The second-order valence-electron chi connectivity index (χ2n) is 4.69. The van der Waals surface area contributed by atoms with Crippen LogP contribution in [0.3, 0.4) is 0 Å². The monoisotopic (exact) mass is 228 g/mol. The number of carboxylic acids is 1. The van der Waals surface area contributed by atoms with Crippen molar-refractivity contribution in [3.63, 3.8) is 0 Å². The quantitative estimate of drug-likeness (QED) is 0.745. The lowest BCUT2D eigenvalue weighted by Crippen LogP contribution is -2.41. The Labute approximate surface area is 98.0 Å². The molecule has 1 heterocycles. The van der Waals surface area contributed by atoms with Gasteiger partial charge in [-0.1, -0.05) is 6.92 Å². The molecule has 0 aromatic carbocycles. The van der Waals surface area contributed by atoms with E-state index < -0.39 is 5.97 Å². The predicted octanol–water partition coefficient (Wildman–Crippen LogP) is 1.31. The Balaban J connectivity index is 2.42. The number of hydrogen-bond acceptors (Lipinski definition) is 3. The van der Waals surface area contributed by atoms with Crippen LogP contribution in [-0.2, 0) is 4.79 Å². The molecule has 1 rings (SSSR count). The summed E-state index contributed by atoms with van der Waals surface area (Å²) in [4.78, 5) is 13.0. The van der Waals surface area contributed by atoms with Crippen LogP contribution in [0.5, 0.6) is 0 Å². The molecule has 1 saturated heterocycles. The Kier molecular flexibility index (Phi) is 5.77. The SMILES string of the molecule is CCC(C)N1CCCNC(CCC(=O)O)C1. The maximum Gasteiger partial charge on any atom is 0.303 e. The molecule has 0 aliphatic carbocycles. The molecule has 0 amide bonds. The van der Waals surface area contributed by atoms with Gasteiger partial charge >= 0.3 is 5.97 Å². The molecule has 4 heteroatoms. The van der Waals surface area contributed by atoms with Crippen LogP contribution in [0.15, 0.2) is 0 Å². The molecule has 0 aromatic rings. The molecule has 0 spiro atoms. The number of rotatable bonds is 5. The number of carboxylic acid groups (broad SMARTS) is 1. The first-order valence-electron chi connectivity index (χ1n) is 6.32. The van der Waals surface area contributed by atoms with E-state index >= 15 is 0 Å². The third-order valence-electron chi connectivity index (χ3n) is 3.43. The summed E-state index contributed by atoms with van der Waals surface area (Å²) in [5.41, 5.74) is 0. The van der Waals surface area contributed by atoms with Gasteiger partial charge in [-0.2, -0.15) is 0 Å². The number of hydrogen-bond donors (Lipinski definition) is 2. The normalized spacial score (nSPS) is 25.0. The summed E-state index contributed by atoms with van der Waals surface area (Å²) in [6, 6.07) is 0.944. The van der Waals surface area contributed by atoms with Gasteiger partial charge in [-0.3, -0.25) is 9.69 Å². The van der Waals surface area contributed by atoms with E-state index in [-0.39, 0.29) is 6.42 Å². The zero-order valence-corrected chi connectivity index (χ0v) is 10.4. The second-order valence-corrected chi connectivity index (χ2v) is 4.69. The Bertz CT molecular complexity index is 221. The molecule has 2 N–H and O–H groups in total. The molecule has 0 radical (unpaired) electrons. The van der Waals surface area contributed by atoms with E-state index in [9.17, 15) is 4.79 Å². The summed E-state index contributed by atoms with van der Waals surface area (Å²) >= 11 is 0. The minimum atomic E-state index is -0.693. The van der Waals surface area contributed by atoms with E-state index in [2.05, 4.69) is 24.1 Å². The highest BCUT2D eigenvalue weighted by Crippen LogP contribution is 2.11. The fourth-order valence-corrected chi connectivity index (χ4v) is 2.18. The lowest BCUT2D eigenvalue weighted by Gasteiger charge is -2.29. The van der Waals surface area contributed by atoms with Crippen molar-refractivity contribution in [2.45, 2.75) is 51.6 Å². The Morgan fingerprint density at radius 2 is 2.38 bits per heavy atom. The Morgan fingerprint density at radius 3 is 3.00 bits per heavy atom. The third kappa shape index (κ3) is 4.49. The van der Waals surface area contributed by atoms with Gasteiger partial charge < -0.3 is 10.4 Å². The van der Waals surface area contributed by atoms with Crippen LogP contribution in [0.1, 0.15) is 39.5 Å². The van der Waals surface area contributed by atoms with Gasteiger partial charge in [-0.15, -0.1) is 0 Å². The van der Waals surface area contributed by atoms with Crippen molar-refractivity contribution in [1.82, 2.24) is 10.2 Å². The largest absolute Gasteiger partial charge is 0.481 e. The number of nitrogens with one attached hydrogen (secondary N) is 1. The summed E-state index contributed by atoms with van der Waals surface area (Å²) in [6.07, 6.45) is 3.33. The van der Waals surface area contributed by atoms with Crippen molar-refractivity contribution >= 4 is 5.97 Å². The summed E-state index contributed by atoms with van der Waals surface area (Å²) < 4.78 is 0. The minimum absolute atomic E-state index is 0.270. The smallest absolute Gasteiger partial charge is 0.303 e. The minimum Gasteiger partial charge on any atom is -0.481 e. The van der Waals surface area contributed by atoms with Gasteiger partial charge in [0.1, 0.15) is 0 Å². The molecule has 1 aliphatic heterocycles. The van der Waals surface area contributed by atoms with E-state index in [1.807, 2.05) is 0 Å². The fraction of sp³-hybridized carbons (Fsp3) is 0.917. The number of aliphatic carboxylic acids is 1. The fourth-order valence-electron chi connectivity index (χ4n) is 2.18. The van der Waals surface area contributed by atoms with Gasteiger partial charge in [-0.05, 0) is 39.3 Å². The van der Waals surface area contributed by atoms with Crippen molar-refractivity contribution in [3.05, 3.63) is 0 Å². The van der Waals surface area contributed by atoms with Crippen molar-refractivity contribution in [2.75, 3.05) is 19.6 Å². The maximum absolute atomic E-state index is 10.6. The zero-order valence-electron chi connectivity index (χ0n) is 10.4. The van der Waals surface area contributed by atoms with Gasteiger partial charge in [-0.25, -0.2) is 0 Å². The molecular weight excluding hydrogens is 204 g/mol. The van der Waals surface area contributed by atoms with Crippen LogP contribution in [0.25, 0.3) is 0 Å². The van der Waals surface area contributed by atoms with E-state index in [1.165, 1.54) is 0 Å². The summed E-state index contributed by atoms with van der Waals surface area (Å²) in [6.45, 7) is 7.58. The first-order valence-corrected chi connectivity index (χ1v) is 6.32. The van der Waals surface area contributed by atoms with Crippen molar-refractivity contribution < 1.29 is 9.90 Å². The first-order chi connectivity index (χ1) is 7.63. The summed E-state index contributed by atoms with van der Waals surface area (Å²) in [5, 5.41) is 12.1. The van der Waals surface area contributed by atoms with Gasteiger partial charge in [0.2, 0.25) is 0 Å². The molecule has 0 saturated carbocycles. The van der Waals surface area contributed by atoms with Gasteiger partial charge in [0.25, 0.3) is 0 Å². The molecule has 0 bridgehead atoms. The lowest BCUT2D eigenvalue weighted by molar-refractivity contribution is -0.137. The van der Waals surface area contributed by atoms with Crippen LogP contribution in [-0.4, -0.2) is 47.7 Å². The van der Waals surface area contributed by atoms with Crippen LogP contribution >= 0.6 is 0 Å². The molecule has 2 atom stereocenters. The highest BCUT2D eigenvalue weighted by Gasteiger charge is 2.20. The van der Waals surface area contributed by atoms with Gasteiger partial charge in [0, 0.05) is 25.0 Å². The standard InChI is InChI=1S/C12H24N2O2/c1-3-10(2)14-8-4-7-13-11(9-14)5-6-12(15)16/h10-11,13H,3-9H2,1-2H3,(H,15,16). The molecule has 16 heavy (non-hydrogen) atoms. The van der Waals surface area contributed by atoms with Crippen molar-refractivity contribution in [3.8, 4) is 0 Å². The molecule has 0 aromatic heterocycles. The molecular formula is C12H24N2O2. The third-order valence-corrected chi connectivity index (χ3v) is 3.43. The lowest BCUT2D eigenvalue weighted by atomic mass is 10.1. The van der Waals surface area contributed by atoms with Crippen LogP contribution in [0, 0.1) is 0 Å². The van der Waals surface area contributed by atoms with E-state index in [0.29, 0.717) is 12.1 Å². The van der Waals surface area contributed by atoms with Gasteiger partial charge in [0.05, 0.1) is 0 Å². The van der Waals surface area contributed by atoms with Gasteiger partial charge in [0.15, 0.2) is 0 Å². The maximum atomic E-state index is 10.6. The average molecular weight is 228 g/mol. The molecule has 94 valence electrons. The number of nitrogens with zero attached hydrogens (tertiary/aromatic N) is 1. The average Bonchev–Trinajstić information content (AvgIpc) is 2.50. The van der Waals surface area contributed by atoms with Crippen LogP contribution in [0.4, 0.5) is 0 Å². The molecule has 1 aliphatic rings. The predicted molar refractivity (Wildman–Crippen MR) is 64.6 cm³/mol. The zero-order chi connectivity index (χ0) is 12.0. The van der Waals surface area contributed by atoms with Crippen molar-refractivity contribution in [1.29, 1.82) is 0 Å². The van der Waals surface area contributed by atoms with Crippen molar-refractivity contribution in [2.24, 2.45) is 0 Å². The highest BCUT2D eigenvalue weighted by atomic mass is 16.4. The highest BCUT2D eigenvalue weighted by molar-refractivity contribution is 5.66. The molecule has 2 unspecified atom stereocenters. The Hall–Kier alpha value is -0.610. The first kappa shape index (κ1) is 13.5. The second kappa shape index (κ2) is 6.86. The topological polar surface area (TPSA) is 52.6 Å². The number of carbonyl (C=O) groups is 1. The molecule has 4 nitrogen and oxygen atoms in total. The summed E-state index contributed by atoms with van der Waals surface area (Å²) in [5.74, 6) is -0.693. The summed E-state index contributed by atoms with van der Waals surface area (Å²) in [7, 11) is 0. The molecule has 1 fully saturated rings. The Morgan fingerprint density at radius 1 is 1.62 bits per heavy atom. The van der Waals surface area contributed by atoms with E-state index in [0.717, 1.165) is 38.9 Å². The van der Waals surface area contributed by atoms with E-state index in [1.54, 1.807) is 0 Å².